The first-order chi connectivity index (χ1) is 7.49. The Hall–Kier alpha value is -1.50. The Morgan fingerprint density at radius 1 is 1.12 bits per heavy atom. The zero-order valence-corrected chi connectivity index (χ0v) is 8.84. The molecule has 1 aromatic carbocycles. The second-order valence-electron chi connectivity index (χ2n) is 3.87. The minimum atomic E-state index is -2.10. The van der Waals surface area contributed by atoms with Crippen LogP contribution in [0, 0.1) is 0 Å². The van der Waals surface area contributed by atoms with Crippen LogP contribution in [-0.2, 0) is 5.72 Å². The van der Waals surface area contributed by atoms with Gasteiger partial charge in [-0.1, -0.05) is 24.3 Å². The lowest BCUT2D eigenvalue weighted by Crippen LogP contribution is -2.58. The van der Waals surface area contributed by atoms with Crippen LogP contribution in [0.4, 0.5) is 0 Å². The van der Waals surface area contributed by atoms with Gasteiger partial charge in [-0.25, -0.2) is 0 Å². The van der Waals surface area contributed by atoms with Gasteiger partial charge in [-0.05, 0) is 12.2 Å². The van der Waals surface area contributed by atoms with Gasteiger partial charge >= 0.3 is 0 Å². The Kier molecular flexibility index (Phi) is 1.58. The molecule has 0 radical (unpaired) electrons. The Labute approximate surface area is 96.1 Å². The molecule has 1 aliphatic carbocycles. The lowest BCUT2D eigenvalue weighted by molar-refractivity contribution is -0.122. The van der Waals surface area contributed by atoms with Crippen LogP contribution in [0.1, 0.15) is 15.9 Å². The summed E-state index contributed by atoms with van der Waals surface area (Å²) in [4.78, 5) is 12.0. The van der Waals surface area contributed by atoms with Gasteiger partial charge in [-0.3, -0.25) is 4.79 Å². The summed E-state index contributed by atoms with van der Waals surface area (Å²) in [6.07, 6.45) is 0. The van der Waals surface area contributed by atoms with Crippen LogP contribution in [-0.4, -0.2) is 26.8 Å². The molecule has 1 saturated heterocycles. The van der Waals surface area contributed by atoms with Crippen LogP contribution in [0.2, 0.25) is 0 Å². The summed E-state index contributed by atoms with van der Waals surface area (Å²) >= 11 is 4.80. The second-order valence-corrected chi connectivity index (χ2v) is 4.28. The molecule has 0 spiro atoms. The molecule has 0 amide bonds. The molecular weight excluding hydrogens is 228 g/mol. The average molecular weight is 236 g/mol. The van der Waals surface area contributed by atoms with Gasteiger partial charge in [0.1, 0.15) is 0 Å². The Morgan fingerprint density at radius 2 is 1.75 bits per heavy atom. The standard InChI is InChI=1S/C10H8N2O3S/c13-7-5-3-1-2-4-6(5)9(14)10(7,15)12-8(16)11-9/h1-4,14-15H,(H2,11,12,16)/t9-,10-/m0/s1. The van der Waals surface area contributed by atoms with E-state index in [1.807, 2.05) is 0 Å². The molecule has 0 bridgehead atoms. The summed E-state index contributed by atoms with van der Waals surface area (Å²) in [7, 11) is 0. The monoisotopic (exact) mass is 236 g/mol. The Bertz CT molecular complexity index is 533. The summed E-state index contributed by atoms with van der Waals surface area (Å²) in [5, 5.41) is 25.5. The summed E-state index contributed by atoms with van der Waals surface area (Å²) in [5.41, 5.74) is -3.37. The highest BCUT2D eigenvalue weighted by Gasteiger charge is 2.67. The van der Waals surface area contributed by atoms with E-state index in [0.717, 1.165) is 0 Å². The molecule has 82 valence electrons. The highest BCUT2D eigenvalue weighted by atomic mass is 32.1. The first-order valence-electron chi connectivity index (χ1n) is 4.68. The van der Waals surface area contributed by atoms with Crippen LogP contribution in [0.5, 0.6) is 0 Å². The second kappa shape index (κ2) is 2.60. The lowest BCUT2D eigenvalue weighted by atomic mass is 10.0. The molecule has 1 aromatic rings. The van der Waals surface area contributed by atoms with Crippen molar-refractivity contribution in [1.29, 1.82) is 0 Å². The molecule has 1 aliphatic heterocycles. The maximum atomic E-state index is 12.0. The minimum Gasteiger partial charge on any atom is -0.363 e. The third kappa shape index (κ3) is 0.835. The van der Waals surface area contributed by atoms with Crippen LogP contribution in [0.15, 0.2) is 24.3 Å². The molecule has 2 atom stereocenters. The first-order valence-corrected chi connectivity index (χ1v) is 5.09. The molecule has 5 nitrogen and oxygen atoms in total. The van der Waals surface area contributed by atoms with Gasteiger partial charge in [0.25, 0.3) is 5.72 Å². The zero-order chi connectivity index (χ0) is 11.6. The molecule has 1 heterocycles. The maximum Gasteiger partial charge on any atom is 0.256 e. The van der Waals surface area contributed by atoms with E-state index >= 15 is 0 Å². The van der Waals surface area contributed by atoms with Crippen molar-refractivity contribution in [3.63, 3.8) is 0 Å². The summed E-state index contributed by atoms with van der Waals surface area (Å²) < 4.78 is 0. The molecule has 0 saturated carbocycles. The van der Waals surface area contributed by atoms with E-state index in [4.69, 9.17) is 12.2 Å². The third-order valence-corrected chi connectivity index (χ3v) is 3.21. The van der Waals surface area contributed by atoms with E-state index in [9.17, 15) is 15.0 Å². The smallest absolute Gasteiger partial charge is 0.256 e. The molecule has 4 N–H and O–H groups in total. The van der Waals surface area contributed by atoms with Gasteiger partial charge in [0, 0.05) is 11.1 Å². The number of benzene rings is 1. The minimum absolute atomic E-state index is 0.0489. The highest BCUT2D eigenvalue weighted by molar-refractivity contribution is 7.80. The number of rotatable bonds is 0. The molecule has 0 aromatic heterocycles. The molecule has 3 rings (SSSR count). The van der Waals surface area contributed by atoms with Crippen LogP contribution in [0.3, 0.4) is 0 Å². The van der Waals surface area contributed by atoms with Crippen LogP contribution >= 0.6 is 12.2 Å². The number of nitrogens with one attached hydrogen (secondary N) is 2. The molecule has 2 aliphatic rings. The number of carbonyl (C=O) groups excluding carboxylic acids is 1. The average Bonchev–Trinajstić information content (AvgIpc) is 2.57. The fourth-order valence-corrected chi connectivity index (χ4v) is 2.51. The third-order valence-electron chi connectivity index (χ3n) is 3.00. The number of aliphatic hydroxyl groups is 2. The van der Waals surface area contributed by atoms with Gasteiger partial charge in [0.15, 0.2) is 5.11 Å². The number of hydrogen-bond donors (Lipinski definition) is 4. The lowest BCUT2D eigenvalue weighted by Gasteiger charge is -2.28. The predicted octanol–water partition coefficient (Wildman–Crippen LogP) is -0.806. The van der Waals surface area contributed by atoms with E-state index in [0.29, 0.717) is 5.56 Å². The molecule has 0 unspecified atom stereocenters. The maximum absolute atomic E-state index is 12.0. The summed E-state index contributed by atoms with van der Waals surface area (Å²) in [6, 6.07) is 6.48. The zero-order valence-electron chi connectivity index (χ0n) is 8.02. The first kappa shape index (κ1) is 9.71. The SMILES string of the molecule is O=C1c2ccccc2[C@@]2(O)NC(=S)N[C@]12O. The number of thiocarbonyl (C=S) groups is 1. The van der Waals surface area contributed by atoms with Gasteiger partial charge in [-0.2, -0.15) is 0 Å². The molecule has 16 heavy (non-hydrogen) atoms. The number of ketones is 1. The Balaban J connectivity index is 2.32. The van der Waals surface area contributed by atoms with Crippen molar-refractivity contribution < 1.29 is 15.0 Å². The largest absolute Gasteiger partial charge is 0.363 e. The summed E-state index contributed by atoms with van der Waals surface area (Å²) in [6.45, 7) is 0. The van der Waals surface area contributed by atoms with Crippen molar-refractivity contribution in [3.05, 3.63) is 35.4 Å². The van der Waals surface area contributed by atoms with Gasteiger partial charge < -0.3 is 20.8 Å². The van der Waals surface area contributed by atoms with Gasteiger partial charge in [0.05, 0.1) is 0 Å². The van der Waals surface area contributed by atoms with Crippen LogP contribution in [0.25, 0.3) is 0 Å². The van der Waals surface area contributed by atoms with E-state index < -0.39 is 17.2 Å². The van der Waals surface area contributed by atoms with Crippen molar-refractivity contribution >= 4 is 23.1 Å². The molecular formula is C10H8N2O3S. The number of carbonyl (C=O) groups is 1. The topological polar surface area (TPSA) is 81.6 Å². The van der Waals surface area contributed by atoms with E-state index in [1.54, 1.807) is 24.3 Å². The van der Waals surface area contributed by atoms with Crippen LogP contribution < -0.4 is 10.6 Å². The summed E-state index contributed by atoms with van der Waals surface area (Å²) in [5.74, 6) is -0.585. The van der Waals surface area contributed by atoms with Crippen molar-refractivity contribution in [1.82, 2.24) is 10.6 Å². The number of hydrogen-bond acceptors (Lipinski definition) is 4. The number of fused-ring (bicyclic) bond motifs is 3. The normalized spacial score (nSPS) is 35.4. The number of Topliss-reactive ketones (excluding diaryl/α,β-unsaturated/α-hetero) is 1. The fraction of sp³-hybridized carbons (Fsp3) is 0.200. The fourth-order valence-electron chi connectivity index (χ4n) is 2.22. The highest BCUT2D eigenvalue weighted by Crippen LogP contribution is 2.43. The van der Waals surface area contributed by atoms with Crippen molar-refractivity contribution in [2.24, 2.45) is 0 Å². The van der Waals surface area contributed by atoms with E-state index in [2.05, 4.69) is 10.6 Å². The molecule has 6 heteroatoms. The van der Waals surface area contributed by atoms with Gasteiger partial charge in [0.2, 0.25) is 11.5 Å². The van der Waals surface area contributed by atoms with E-state index in [-0.39, 0.29) is 10.7 Å². The van der Waals surface area contributed by atoms with Crippen molar-refractivity contribution in [3.8, 4) is 0 Å². The predicted molar refractivity (Wildman–Crippen MR) is 58.5 cm³/mol. The molecule has 1 fully saturated rings. The van der Waals surface area contributed by atoms with Crippen molar-refractivity contribution in [2.45, 2.75) is 11.4 Å². The van der Waals surface area contributed by atoms with E-state index in [1.165, 1.54) is 0 Å². The van der Waals surface area contributed by atoms with Gasteiger partial charge in [-0.15, -0.1) is 0 Å². The Morgan fingerprint density at radius 3 is 2.50 bits per heavy atom. The quantitative estimate of drug-likeness (QED) is 0.441. The van der Waals surface area contributed by atoms with Crippen molar-refractivity contribution in [2.75, 3.05) is 0 Å².